The van der Waals surface area contributed by atoms with Gasteiger partial charge in [-0.2, -0.15) is 0 Å². The molecular weight excluding hydrogens is 370 g/mol. The van der Waals surface area contributed by atoms with Gasteiger partial charge in [0.25, 0.3) is 0 Å². The summed E-state index contributed by atoms with van der Waals surface area (Å²) in [6.07, 6.45) is 1.61. The van der Waals surface area contributed by atoms with Crippen LogP contribution in [0.2, 0.25) is 0 Å². The summed E-state index contributed by atoms with van der Waals surface area (Å²) in [7, 11) is 0. The number of likely N-dealkylation sites (tertiary alicyclic amines) is 1. The van der Waals surface area contributed by atoms with E-state index in [1.165, 1.54) is 0 Å². The number of rotatable bonds is 5. The molecule has 6 nitrogen and oxygen atoms in total. The van der Waals surface area contributed by atoms with Crippen LogP contribution in [0.25, 0.3) is 0 Å². The first-order chi connectivity index (χ1) is 13.4. The van der Waals surface area contributed by atoms with Gasteiger partial charge in [0, 0.05) is 18.7 Å². The van der Waals surface area contributed by atoms with Crippen LogP contribution in [-0.4, -0.2) is 47.5 Å². The fourth-order valence-corrected chi connectivity index (χ4v) is 3.48. The number of hydrogen-bond acceptors (Lipinski definition) is 5. The van der Waals surface area contributed by atoms with Crippen molar-refractivity contribution in [3.8, 4) is 0 Å². The third-order valence-corrected chi connectivity index (χ3v) is 4.70. The topological polar surface area (TPSA) is 72.9 Å². The van der Waals surface area contributed by atoms with E-state index in [1.54, 1.807) is 17.0 Å². The van der Waals surface area contributed by atoms with E-state index in [0.29, 0.717) is 31.5 Å². The van der Waals surface area contributed by atoms with Crippen molar-refractivity contribution in [3.63, 3.8) is 0 Å². The summed E-state index contributed by atoms with van der Waals surface area (Å²) in [5.74, 6) is -0.703. The molecule has 6 heteroatoms. The van der Waals surface area contributed by atoms with E-state index in [2.05, 4.69) is 0 Å². The average molecular weight is 404 g/mol. The number of benzene rings is 1. The van der Waals surface area contributed by atoms with Crippen LogP contribution in [0.4, 0.5) is 4.79 Å². The number of amides is 1. The Hall–Kier alpha value is -2.37. The molecule has 160 valence electrons. The van der Waals surface area contributed by atoms with Crippen LogP contribution in [0, 0.1) is 11.8 Å². The number of carbonyl (C=O) groups excluding carboxylic acids is 3. The summed E-state index contributed by atoms with van der Waals surface area (Å²) in [5.41, 5.74) is 0.326. The first kappa shape index (κ1) is 22.9. The van der Waals surface area contributed by atoms with Gasteiger partial charge in [0.2, 0.25) is 0 Å². The minimum atomic E-state index is -0.594. The molecule has 1 aromatic carbocycles. The van der Waals surface area contributed by atoms with Crippen LogP contribution < -0.4 is 0 Å². The molecule has 0 radical (unpaired) electrons. The lowest BCUT2D eigenvalue weighted by Crippen LogP contribution is -2.38. The summed E-state index contributed by atoms with van der Waals surface area (Å²) in [6.45, 7) is 12.0. The molecule has 1 aromatic rings. The zero-order valence-electron chi connectivity index (χ0n) is 18.4. The molecule has 0 bridgehead atoms. The van der Waals surface area contributed by atoms with E-state index in [0.717, 1.165) is 11.8 Å². The van der Waals surface area contributed by atoms with Crippen molar-refractivity contribution in [1.29, 1.82) is 0 Å². The number of ether oxygens (including phenoxy) is 2. The van der Waals surface area contributed by atoms with Crippen LogP contribution in [0.3, 0.4) is 0 Å². The highest BCUT2D eigenvalue weighted by molar-refractivity contribution is 5.76. The third kappa shape index (κ3) is 7.18. The average Bonchev–Trinajstić information content (AvgIpc) is 3.06. The molecule has 0 N–H and O–H groups in total. The van der Waals surface area contributed by atoms with Crippen molar-refractivity contribution in [3.05, 3.63) is 35.4 Å². The monoisotopic (exact) mass is 403 g/mol. The molecule has 0 aliphatic carbocycles. The van der Waals surface area contributed by atoms with Gasteiger partial charge in [-0.25, -0.2) is 4.79 Å². The van der Waals surface area contributed by atoms with Crippen LogP contribution in [0.1, 0.15) is 63.9 Å². The van der Waals surface area contributed by atoms with Crippen molar-refractivity contribution in [2.45, 2.75) is 65.6 Å². The Morgan fingerprint density at radius 1 is 1.14 bits per heavy atom. The van der Waals surface area contributed by atoms with Gasteiger partial charge in [-0.3, -0.25) is 9.59 Å². The molecule has 0 unspecified atom stereocenters. The molecule has 0 spiro atoms. The Morgan fingerprint density at radius 3 is 2.38 bits per heavy atom. The van der Waals surface area contributed by atoms with Crippen LogP contribution in [0.15, 0.2) is 24.3 Å². The predicted molar refractivity (Wildman–Crippen MR) is 111 cm³/mol. The third-order valence-electron chi connectivity index (χ3n) is 4.70. The zero-order valence-corrected chi connectivity index (χ0v) is 18.4. The molecule has 1 heterocycles. The van der Waals surface area contributed by atoms with E-state index in [1.807, 2.05) is 53.7 Å². The minimum absolute atomic E-state index is 0.0303. The second-order valence-electron chi connectivity index (χ2n) is 9.68. The lowest BCUT2D eigenvalue weighted by Gasteiger charge is -2.28. The second-order valence-corrected chi connectivity index (χ2v) is 9.68. The highest BCUT2D eigenvalue weighted by atomic mass is 16.6. The smallest absolute Gasteiger partial charge is 0.410 e. The second kappa shape index (κ2) is 8.97. The Kier molecular flexibility index (Phi) is 7.09. The Balaban J connectivity index is 2.18. The van der Waals surface area contributed by atoms with Gasteiger partial charge in [0.05, 0.1) is 5.92 Å². The quantitative estimate of drug-likeness (QED) is 0.543. The normalized spacial score (nSPS) is 18.3. The Bertz CT molecular complexity index is 744. The molecule has 2 rings (SSSR count). The maximum absolute atomic E-state index is 13.0. The zero-order chi connectivity index (χ0) is 21.8. The Morgan fingerprint density at radius 2 is 1.79 bits per heavy atom. The Labute approximate surface area is 173 Å². The highest BCUT2D eigenvalue weighted by Crippen LogP contribution is 2.30. The molecule has 1 fully saturated rings. The van der Waals surface area contributed by atoms with Crippen molar-refractivity contribution >= 4 is 18.3 Å². The van der Waals surface area contributed by atoms with Crippen LogP contribution in [-0.2, 0) is 20.7 Å². The first-order valence-electron chi connectivity index (χ1n) is 10.1. The highest BCUT2D eigenvalue weighted by Gasteiger charge is 2.39. The maximum atomic E-state index is 13.0. The summed E-state index contributed by atoms with van der Waals surface area (Å²) >= 11 is 0. The predicted octanol–water partition coefficient (Wildman–Crippen LogP) is 4.26. The molecule has 1 amide bonds. The fourth-order valence-electron chi connectivity index (χ4n) is 3.48. The number of carbonyl (C=O) groups is 3. The van der Waals surface area contributed by atoms with Gasteiger partial charge in [-0.05, 0) is 71.9 Å². The number of esters is 1. The number of aldehydes is 1. The molecule has 1 aliphatic rings. The fraction of sp³-hybridized carbons (Fsp3) is 0.609. The first-order valence-corrected chi connectivity index (χ1v) is 10.1. The van der Waals surface area contributed by atoms with E-state index >= 15 is 0 Å². The lowest BCUT2D eigenvalue weighted by atomic mass is 9.85. The number of nitrogens with zero attached hydrogens (tertiary/aromatic N) is 1. The van der Waals surface area contributed by atoms with Crippen molar-refractivity contribution in [2.24, 2.45) is 11.8 Å². The standard InChI is InChI=1S/C23H33NO5/c1-22(2,3)28-20(26)19(13-16-8-7-9-17(12-16)15-25)18-10-11-24(14-18)21(27)29-23(4,5)6/h7-9,12,15,18-19H,10-11,13-14H2,1-6H3/t18-,19+/m0/s1. The van der Waals surface area contributed by atoms with Gasteiger partial charge < -0.3 is 14.4 Å². The number of hydrogen-bond donors (Lipinski definition) is 0. The SMILES string of the molecule is CC(C)(C)OC(=O)[C@H](Cc1cccc(C=O)c1)[C@H]1CCN(C(=O)OC(C)(C)C)C1. The van der Waals surface area contributed by atoms with Gasteiger partial charge in [-0.15, -0.1) is 0 Å². The van der Waals surface area contributed by atoms with Gasteiger partial charge in [0.1, 0.15) is 17.5 Å². The maximum Gasteiger partial charge on any atom is 0.410 e. The van der Waals surface area contributed by atoms with E-state index in [4.69, 9.17) is 9.47 Å². The van der Waals surface area contributed by atoms with Crippen molar-refractivity contribution in [2.75, 3.05) is 13.1 Å². The minimum Gasteiger partial charge on any atom is -0.460 e. The van der Waals surface area contributed by atoms with Crippen LogP contribution >= 0.6 is 0 Å². The van der Waals surface area contributed by atoms with Gasteiger partial charge in [0.15, 0.2) is 0 Å². The lowest BCUT2D eigenvalue weighted by molar-refractivity contribution is -0.161. The van der Waals surface area contributed by atoms with Crippen molar-refractivity contribution < 1.29 is 23.9 Å². The largest absolute Gasteiger partial charge is 0.460 e. The van der Waals surface area contributed by atoms with E-state index in [9.17, 15) is 14.4 Å². The molecule has 0 saturated carbocycles. The molecule has 1 saturated heterocycles. The molecule has 2 atom stereocenters. The van der Waals surface area contributed by atoms with E-state index in [-0.39, 0.29) is 18.0 Å². The summed E-state index contributed by atoms with van der Waals surface area (Å²) < 4.78 is 11.1. The van der Waals surface area contributed by atoms with E-state index < -0.39 is 17.1 Å². The molecule has 1 aliphatic heterocycles. The van der Waals surface area contributed by atoms with Crippen molar-refractivity contribution in [1.82, 2.24) is 4.90 Å². The molecule has 29 heavy (non-hydrogen) atoms. The molecular formula is C23H33NO5. The molecule has 0 aromatic heterocycles. The summed E-state index contributed by atoms with van der Waals surface area (Å²) in [5, 5.41) is 0. The van der Waals surface area contributed by atoms with Crippen LogP contribution in [0.5, 0.6) is 0 Å². The van der Waals surface area contributed by atoms with Gasteiger partial charge >= 0.3 is 12.1 Å². The summed E-state index contributed by atoms with van der Waals surface area (Å²) in [6, 6.07) is 7.25. The summed E-state index contributed by atoms with van der Waals surface area (Å²) in [4.78, 5) is 38.2. The van der Waals surface area contributed by atoms with Gasteiger partial charge in [-0.1, -0.05) is 18.2 Å².